The number of carbonyl (C=O) groups is 1. The van der Waals surface area contributed by atoms with Crippen LogP contribution in [0.4, 0.5) is 5.69 Å². The fourth-order valence-corrected chi connectivity index (χ4v) is 3.45. The van der Waals surface area contributed by atoms with E-state index in [2.05, 4.69) is 4.98 Å². The number of aromatic nitrogens is 1. The smallest absolute Gasteiger partial charge is 0.307 e. The maximum atomic E-state index is 11.2. The molecule has 1 heterocycles. The summed E-state index contributed by atoms with van der Waals surface area (Å²) in [5.74, 6) is -0.980. The normalized spacial score (nSPS) is 11.6. The first-order chi connectivity index (χ1) is 11.9. The summed E-state index contributed by atoms with van der Waals surface area (Å²) < 4.78 is 0.962. The lowest BCUT2D eigenvalue weighted by molar-refractivity contribution is -0.385. The number of hydrogen-bond donors (Lipinski definition) is 1. The first-order valence-electron chi connectivity index (χ1n) is 7.47. The Labute approximate surface area is 147 Å². The van der Waals surface area contributed by atoms with Crippen LogP contribution >= 0.6 is 11.3 Å². The number of para-hydroxylation sites is 1. The highest BCUT2D eigenvalue weighted by Crippen LogP contribution is 2.31. The average molecular weight is 354 g/mol. The van der Waals surface area contributed by atoms with E-state index in [0.717, 1.165) is 10.2 Å². The van der Waals surface area contributed by atoms with Crippen LogP contribution in [-0.2, 0) is 4.79 Å². The van der Waals surface area contributed by atoms with E-state index in [4.69, 9.17) is 0 Å². The Morgan fingerprint density at radius 3 is 2.76 bits per heavy atom. The maximum Gasteiger partial charge on any atom is 0.307 e. The summed E-state index contributed by atoms with van der Waals surface area (Å²) in [7, 11) is 0. The van der Waals surface area contributed by atoms with Crippen molar-refractivity contribution in [3.63, 3.8) is 0 Å². The zero-order chi connectivity index (χ0) is 18.0. The van der Waals surface area contributed by atoms with E-state index in [9.17, 15) is 20.0 Å². The number of aliphatic carboxylic acids is 1. The number of benzene rings is 2. The van der Waals surface area contributed by atoms with Gasteiger partial charge in [0.15, 0.2) is 0 Å². The molecule has 0 amide bonds. The van der Waals surface area contributed by atoms with Crippen LogP contribution in [0.2, 0.25) is 0 Å². The molecule has 0 aliphatic heterocycles. The van der Waals surface area contributed by atoms with Gasteiger partial charge in [-0.3, -0.25) is 14.9 Å². The molecule has 6 nitrogen and oxygen atoms in total. The number of fused-ring (bicyclic) bond motifs is 1. The number of carboxylic acids is 1. The predicted molar refractivity (Wildman–Crippen MR) is 97.6 cm³/mol. The molecule has 0 atom stereocenters. The van der Waals surface area contributed by atoms with E-state index in [1.54, 1.807) is 25.1 Å². The second-order valence-electron chi connectivity index (χ2n) is 5.53. The standard InChI is InChI=1S/C18H14N2O4S/c1-11-6-7-12(9-15(11)20(23)24)8-13(10-17(21)22)18-19-14-4-2-3-5-16(14)25-18/h2-9H,10H2,1H3,(H,21,22)/b13-8+. The Morgan fingerprint density at radius 2 is 2.08 bits per heavy atom. The summed E-state index contributed by atoms with van der Waals surface area (Å²) in [6.07, 6.45) is 1.44. The van der Waals surface area contributed by atoms with Crippen molar-refractivity contribution in [2.45, 2.75) is 13.3 Å². The molecule has 1 aromatic heterocycles. The van der Waals surface area contributed by atoms with Gasteiger partial charge in [-0.1, -0.05) is 24.3 Å². The third-order valence-corrected chi connectivity index (χ3v) is 4.79. The number of nitro groups is 1. The fraction of sp³-hybridized carbons (Fsp3) is 0.111. The van der Waals surface area contributed by atoms with Crippen molar-refractivity contribution in [3.8, 4) is 0 Å². The topological polar surface area (TPSA) is 93.3 Å². The van der Waals surface area contributed by atoms with Crippen LogP contribution in [0.15, 0.2) is 42.5 Å². The molecule has 0 unspecified atom stereocenters. The van der Waals surface area contributed by atoms with Crippen LogP contribution in [0.25, 0.3) is 21.9 Å². The molecule has 3 rings (SSSR count). The molecule has 0 saturated carbocycles. The Hall–Kier alpha value is -3.06. The van der Waals surface area contributed by atoms with Crippen LogP contribution in [0.5, 0.6) is 0 Å². The minimum Gasteiger partial charge on any atom is -0.481 e. The second-order valence-corrected chi connectivity index (χ2v) is 6.56. The van der Waals surface area contributed by atoms with Crippen molar-refractivity contribution in [1.82, 2.24) is 4.98 Å². The minimum atomic E-state index is -0.980. The van der Waals surface area contributed by atoms with Gasteiger partial charge in [0, 0.05) is 11.6 Å². The minimum absolute atomic E-state index is 0.00715. The fourth-order valence-electron chi connectivity index (χ4n) is 2.47. The first-order valence-corrected chi connectivity index (χ1v) is 8.29. The highest BCUT2D eigenvalue weighted by atomic mass is 32.1. The quantitative estimate of drug-likeness (QED) is 0.537. The van der Waals surface area contributed by atoms with Gasteiger partial charge in [0.2, 0.25) is 0 Å². The molecule has 1 N–H and O–H groups in total. The molecule has 0 aliphatic rings. The molecule has 25 heavy (non-hydrogen) atoms. The molecule has 126 valence electrons. The lowest BCUT2D eigenvalue weighted by atomic mass is 10.1. The summed E-state index contributed by atoms with van der Waals surface area (Å²) in [5, 5.41) is 20.9. The second kappa shape index (κ2) is 6.82. The highest BCUT2D eigenvalue weighted by Gasteiger charge is 2.15. The lowest BCUT2D eigenvalue weighted by Gasteiger charge is -2.03. The molecule has 3 aromatic rings. The van der Waals surface area contributed by atoms with E-state index in [0.29, 0.717) is 21.7 Å². The van der Waals surface area contributed by atoms with E-state index >= 15 is 0 Å². The zero-order valence-corrected chi connectivity index (χ0v) is 14.1. The Bertz CT molecular complexity index is 974. The number of aryl methyl sites for hydroxylation is 1. The summed E-state index contributed by atoms with van der Waals surface area (Å²) in [6.45, 7) is 1.66. The van der Waals surface area contributed by atoms with Gasteiger partial charge in [0.25, 0.3) is 5.69 Å². The molecule has 0 fully saturated rings. The van der Waals surface area contributed by atoms with E-state index < -0.39 is 10.9 Å². The van der Waals surface area contributed by atoms with Crippen LogP contribution in [-0.4, -0.2) is 21.0 Å². The number of nitro benzene ring substituents is 1. The molecule has 0 saturated heterocycles. The molecular weight excluding hydrogens is 340 g/mol. The molecular formula is C18H14N2O4S. The van der Waals surface area contributed by atoms with Gasteiger partial charge in [0.05, 0.1) is 21.6 Å². The summed E-state index contributed by atoms with van der Waals surface area (Å²) >= 11 is 1.40. The molecule has 2 aromatic carbocycles. The van der Waals surface area contributed by atoms with Crippen LogP contribution in [0, 0.1) is 17.0 Å². The molecule has 0 bridgehead atoms. The maximum absolute atomic E-state index is 11.2. The number of thiazole rings is 1. The Morgan fingerprint density at radius 1 is 1.32 bits per heavy atom. The van der Waals surface area contributed by atoms with Gasteiger partial charge in [-0.05, 0) is 36.3 Å². The number of nitrogens with zero attached hydrogens (tertiary/aromatic N) is 2. The van der Waals surface area contributed by atoms with Crippen molar-refractivity contribution < 1.29 is 14.8 Å². The largest absolute Gasteiger partial charge is 0.481 e. The number of rotatable bonds is 5. The van der Waals surface area contributed by atoms with Crippen molar-refractivity contribution in [2.75, 3.05) is 0 Å². The van der Waals surface area contributed by atoms with E-state index in [1.165, 1.54) is 17.4 Å². The van der Waals surface area contributed by atoms with Crippen molar-refractivity contribution >= 4 is 44.9 Å². The lowest BCUT2D eigenvalue weighted by Crippen LogP contribution is -1.97. The SMILES string of the molecule is Cc1ccc(/C=C(\CC(=O)O)c2nc3ccccc3s2)cc1[N+](=O)[O-]. The Balaban J connectivity index is 2.09. The third kappa shape index (κ3) is 3.72. The molecule has 0 spiro atoms. The third-order valence-electron chi connectivity index (χ3n) is 3.68. The van der Waals surface area contributed by atoms with Crippen LogP contribution in [0.3, 0.4) is 0 Å². The first kappa shape index (κ1) is 16.8. The van der Waals surface area contributed by atoms with Gasteiger partial charge in [0.1, 0.15) is 5.01 Å². The summed E-state index contributed by atoms with van der Waals surface area (Å²) in [4.78, 5) is 26.4. The van der Waals surface area contributed by atoms with Crippen molar-refractivity contribution in [3.05, 3.63) is 68.7 Å². The molecule has 0 aliphatic carbocycles. The van der Waals surface area contributed by atoms with Gasteiger partial charge in [-0.2, -0.15) is 0 Å². The number of carboxylic acid groups (broad SMARTS) is 1. The van der Waals surface area contributed by atoms with E-state index in [-0.39, 0.29) is 12.1 Å². The highest BCUT2D eigenvalue weighted by molar-refractivity contribution is 7.19. The van der Waals surface area contributed by atoms with Crippen LogP contribution in [0.1, 0.15) is 22.6 Å². The van der Waals surface area contributed by atoms with Gasteiger partial charge >= 0.3 is 5.97 Å². The van der Waals surface area contributed by atoms with Crippen LogP contribution < -0.4 is 0 Å². The average Bonchev–Trinajstić information content (AvgIpc) is 2.99. The molecule has 7 heteroatoms. The van der Waals surface area contributed by atoms with Gasteiger partial charge in [-0.15, -0.1) is 11.3 Å². The van der Waals surface area contributed by atoms with Crippen molar-refractivity contribution in [1.29, 1.82) is 0 Å². The van der Waals surface area contributed by atoms with Crippen molar-refractivity contribution in [2.24, 2.45) is 0 Å². The monoisotopic (exact) mass is 354 g/mol. The Kier molecular flexibility index (Phi) is 4.58. The van der Waals surface area contributed by atoms with Gasteiger partial charge in [-0.25, -0.2) is 4.98 Å². The summed E-state index contributed by atoms with van der Waals surface area (Å²) in [6, 6.07) is 12.4. The zero-order valence-electron chi connectivity index (χ0n) is 13.3. The van der Waals surface area contributed by atoms with E-state index in [1.807, 2.05) is 24.3 Å². The molecule has 0 radical (unpaired) electrons. The number of hydrogen-bond acceptors (Lipinski definition) is 5. The van der Waals surface area contributed by atoms with Gasteiger partial charge < -0.3 is 5.11 Å². The summed E-state index contributed by atoms with van der Waals surface area (Å²) in [5.41, 5.74) is 2.46. The predicted octanol–water partition coefficient (Wildman–Crippen LogP) is 4.53.